The summed E-state index contributed by atoms with van der Waals surface area (Å²) in [4.78, 5) is 27.7. The average molecular weight is 534 g/mol. The lowest BCUT2D eigenvalue weighted by atomic mass is 9.95. The lowest BCUT2D eigenvalue weighted by molar-refractivity contribution is -0.135. The van der Waals surface area contributed by atoms with Crippen LogP contribution in [0.25, 0.3) is 0 Å². The minimum atomic E-state index is -1.13. The molecule has 2 aromatic carbocycles. The molecule has 0 radical (unpaired) electrons. The van der Waals surface area contributed by atoms with Crippen LogP contribution >= 0.6 is 23.2 Å². The Morgan fingerprint density at radius 2 is 1.67 bits per heavy atom. The summed E-state index contributed by atoms with van der Waals surface area (Å²) in [6.07, 6.45) is 5.37. The molecule has 9 heteroatoms. The Morgan fingerprint density at radius 1 is 0.972 bits per heavy atom. The summed E-state index contributed by atoms with van der Waals surface area (Å²) in [6, 6.07) is 10.3. The number of amides is 2. The molecule has 2 N–H and O–H groups in total. The van der Waals surface area contributed by atoms with E-state index in [0.29, 0.717) is 15.8 Å². The fourth-order valence-electron chi connectivity index (χ4n) is 5.29. The molecule has 0 unspecified atom stereocenters. The second-order valence-corrected chi connectivity index (χ2v) is 11.4. The van der Waals surface area contributed by atoms with E-state index in [9.17, 15) is 14.0 Å². The van der Waals surface area contributed by atoms with Crippen molar-refractivity contribution in [2.75, 3.05) is 4.90 Å². The first-order valence-corrected chi connectivity index (χ1v) is 13.2. The van der Waals surface area contributed by atoms with Crippen LogP contribution in [-0.2, 0) is 4.79 Å². The molecule has 2 bridgehead atoms. The summed E-state index contributed by atoms with van der Waals surface area (Å²) < 4.78 is 20.8. The van der Waals surface area contributed by atoms with Gasteiger partial charge in [-0.3, -0.25) is 9.59 Å². The van der Waals surface area contributed by atoms with Gasteiger partial charge in [-0.05, 0) is 88.8 Å². The Hall–Kier alpha value is -2.51. The molecular formula is C27H30Cl2FN3O3. The number of rotatable bonds is 7. The minimum Gasteiger partial charge on any atom is -0.476 e. The summed E-state index contributed by atoms with van der Waals surface area (Å²) in [5.41, 5.74) is -0.259. The van der Waals surface area contributed by atoms with Crippen molar-refractivity contribution < 1.29 is 18.7 Å². The number of nitrogens with one attached hydrogen (secondary N) is 2. The standard InChI is InChI=1S/C27H30Cl2FN3O3/c1-27(2,36-24-10-3-15(28)11-22(24)29)26(35)32-17-12-18-6-7-19(13-17)33(18)20-8-9-21(23(30)14-20)25(34)31-16-4-5-16/h3,8-11,14,16-19H,4-7,12-13H2,1-2H3,(H,31,34)(H,32,35)/t17-,18+,19-. The van der Waals surface area contributed by atoms with Gasteiger partial charge < -0.3 is 20.3 Å². The first-order valence-electron chi connectivity index (χ1n) is 12.4. The number of hydrogen-bond acceptors (Lipinski definition) is 4. The van der Waals surface area contributed by atoms with Crippen molar-refractivity contribution in [1.82, 2.24) is 10.6 Å². The van der Waals surface area contributed by atoms with E-state index in [-0.39, 0.29) is 41.5 Å². The van der Waals surface area contributed by atoms with E-state index in [4.69, 9.17) is 27.9 Å². The highest BCUT2D eigenvalue weighted by Crippen LogP contribution is 2.40. The van der Waals surface area contributed by atoms with E-state index in [1.165, 1.54) is 6.07 Å². The minimum absolute atomic E-state index is 0.0109. The van der Waals surface area contributed by atoms with Gasteiger partial charge in [0.25, 0.3) is 11.8 Å². The van der Waals surface area contributed by atoms with E-state index >= 15 is 0 Å². The predicted molar refractivity (Wildman–Crippen MR) is 139 cm³/mol. The topological polar surface area (TPSA) is 70.7 Å². The average Bonchev–Trinajstić information content (AvgIpc) is 3.58. The molecule has 192 valence electrons. The van der Waals surface area contributed by atoms with Crippen molar-refractivity contribution in [2.45, 2.75) is 82.1 Å². The zero-order valence-corrected chi connectivity index (χ0v) is 21.8. The molecule has 5 rings (SSSR count). The number of fused-ring (bicyclic) bond motifs is 2. The van der Waals surface area contributed by atoms with Gasteiger partial charge in [-0.15, -0.1) is 0 Å². The molecule has 2 saturated heterocycles. The molecule has 3 atom stereocenters. The monoisotopic (exact) mass is 533 g/mol. The highest BCUT2D eigenvalue weighted by molar-refractivity contribution is 6.35. The van der Waals surface area contributed by atoms with Crippen molar-refractivity contribution in [2.24, 2.45) is 0 Å². The molecule has 1 aliphatic carbocycles. The molecule has 3 fully saturated rings. The molecule has 0 aromatic heterocycles. The van der Waals surface area contributed by atoms with Crippen LogP contribution in [0.15, 0.2) is 36.4 Å². The largest absolute Gasteiger partial charge is 0.476 e. The Morgan fingerprint density at radius 3 is 2.28 bits per heavy atom. The number of benzene rings is 2. The van der Waals surface area contributed by atoms with Crippen LogP contribution in [0, 0.1) is 5.82 Å². The summed E-state index contributed by atoms with van der Waals surface area (Å²) in [6.45, 7) is 3.42. The lowest BCUT2D eigenvalue weighted by Crippen LogP contribution is -2.55. The highest BCUT2D eigenvalue weighted by Gasteiger charge is 2.43. The fraction of sp³-hybridized carbons (Fsp3) is 0.481. The first kappa shape index (κ1) is 25.2. The van der Waals surface area contributed by atoms with Crippen LogP contribution in [0.5, 0.6) is 5.75 Å². The van der Waals surface area contributed by atoms with Gasteiger partial charge in [0.2, 0.25) is 0 Å². The quantitative estimate of drug-likeness (QED) is 0.493. The SMILES string of the molecule is CC(C)(Oc1ccc(Cl)cc1Cl)C(=O)N[C@H]1C[C@H]2CC[C@@H](C1)N2c1ccc(C(=O)NC2CC2)c(F)c1. The molecule has 36 heavy (non-hydrogen) atoms. The molecule has 2 amide bonds. The van der Waals surface area contributed by atoms with Crippen LogP contribution in [0.1, 0.15) is 62.7 Å². The maximum absolute atomic E-state index is 14.8. The summed E-state index contributed by atoms with van der Waals surface area (Å²) in [5, 5.41) is 6.84. The van der Waals surface area contributed by atoms with Crippen LogP contribution in [0.2, 0.25) is 10.0 Å². The van der Waals surface area contributed by atoms with Crippen LogP contribution in [0.3, 0.4) is 0 Å². The van der Waals surface area contributed by atoms with Gasteiger partial charge in [-0.2, -0.15) is 0 Å². The van der Waals surface area contributed by atoms with Crippen LogP contribution in [0.4, 0.5) is 10.1 Å². The highest BCUT2D eigenvalue weighted by atomic mass is 35.5. The van der Waals surface area contributed by atoms with Gasteiger partial charge in [0, 0.05) is 34.9 Å². The van der Waals surface area contributed by atoms with Crippen LogP contribution < -0.4 is 20.3 Å². The van der Waals surface area contributed by atoms with Crippen molar-refractivity contribution in [3.63, 3.8) is 0 Å². The summed E-state index contributed by atoms with van der Waals surface area (Å²) in [7, 11) is 0. The maximum Gasteiger partial charge on any atom is 0.263 e. The zero-order chi connectivity index (χ0) is 25.6. The van der Waals surface area contributed by atoms with Gasteiger partial charge in [-0.25, -0.2) is 4.39 Å². The molecule has 3 aliphatic rings. The molecular weight excluding hydrogens is 504 g/mol. The van der Waals surface area contributed by atoms with Gasteiger partial charge >= 0.3 is 0 Å². The first-order chi connectivity index (χ1) is 17.1. The van der Waals surface area contributed by atoms with E-state index in [0.717, 1.165) is 44.2 Å². The number of piperidine rings is 1. The molecule has 6 nitrogen and oxygen atoms in total. The number of carbonyl (C=O) groups is 2. The zero-order valence-electron chi connectivity index (χ0n) is 20.3. The Bertz CT molecular complexity index is 1170. The Balaban J connectivity index is 1.22. The second-order valence-electron chi connectivity index (χ2n) is 10.5. The Labute approximate surface area is 220 Å². The van der Waals surface area contributed by atoms with Gasteiger partial charge in [0.05, 0.1) is 10.6 Å². The van der Waals surface area contributed by atoms with Crippen molar-refractivity contribution in [1.29, 1.82) is 0 Å². The van der Waals surface area contributed by atoms with Gasteiger partial charge in [0.1, 0.15) is 11.6 Å². The third-order valence-electron chi connectivity index (χ3n) is 7.28. The summed E-state index contributed by atoms with van der Waals surface area (Å²) in [5.74, 6) is -0.674. The molecule has 2 aliphatic heterocycles. The Kier molecular flexibility index (Phi) is 6.81. The van der Waals surface area contributed by atoms with E-state index < -0.39 is 11.4 Å². The van der Waals surface area contributed by atoms with E-state index in [1.54, 1.807) is 38.1 Å². The number of anilines is 1. The third kappa shape index (κ3) is 5.28. The van der Waals surface area contributed by atoms with Gasteiger partial charge in [0.15, 0.2) is 5.60 Å². The van der Waals surface area contributed by atoms with Crippen molar-refractivity contribution in [3.05, 3.63) is 57.8 Å². The molecule has 2 aromatic rings. The van der Waals surface area contributed by atoms with Crippen molar-refractivity contribution >= 4 is 40.7 Å². The summed E-state index contributed by atoms with van der Waals surface area (Å²) >= 11 is 12.2. The van der Waals surface area contributed by atoms with E-state index in [1.807, 2.05) is 6.07 Å². The predicted octanol–water partition coefficient (Wildman–Crippen LogP) is 5.50. The number of ether oxygens (including phenoxy) is 1. The normalized spacial score (nSPS) is 23.4. The molecule has 0 spiro atoms. The number of nitrogens with zero attached hydrogens (tertiary/aromatic N) is 1. The van der Waals surface area contributed by atoms with Gasteiger partial charge in [-0.1, -0.05) is 23.2 Å². The van der Waals surface area contributed by atoms with Crippen LogP contribution in [-0.4, -0.2) is 41.6 Å². The van der Waals surface area contributed by atoms with Crippen molar-refractivity contribution in [3.8, 4) is 5.75 Å². The third-order valence-corrected chi connectivity index (χ3v) is 7.81. The fourth-order valence-corrected chi connectivity index (χ4v) is 5.74. The lowest BCUT2D eigenvalue weighted by Gasteiger charge is -2.41. The molecule has 1 saturated carbocycles. The number of hydrogen-bond donors (Lipinski definition) is 2. The number of carbonyl (C=O) groups excluding carboxylic acids is 2. The smallest absolute Gasteiger partial charge is 0.263 e. The molecule has 2 heterocycles. The maximum atomic E-state index is 14.8. The second kappa shape index (κ2) is 9.75. The van der Waals surface area contributed by atoms with E-state index in [2.05, 4.69) is 15.5 Å². The number of halogens is 3.